The summed E-state index contributed by atoms with van der Waals surface area (Å²) in [7, 11) is 0. The highest BCUT2D eigenvalue weighted by molar-refractivity contribution is 14.1. The molecule has 1 aliphatic carbocycles. The van der Waals surface area contributed by atoms with Crippen molar-refractivity contribution in [2.45, 2.75) is 50.2 Å². The molecule has 8 nitrogen and oxygen atoms in total. The summed E-state index contributed by atoms with van der Waals surface area (Å²) in [5.74, 6) is -0.0475. The van der Waals surface area contributed by atoms with Gasteiger partial charge < -0.3 is 29.9 Å². The zero-order valence-corrected chi connectivity index (χ0v) is 23.1. The van der Waals surface area contributed by atoms with Crippen LogP contribution in [0.25, 0.3) is 0 Å². The van der Waals surface area contributed by atoms with Gasteiger partial charge in [-0.3, -0.25) is 9.59 Å². The molecule has 0 spiro atoms. The van der Waals surface area contributed by atoms with E-state index in [0.717, 1.165) is 15.6 Å². The molecule has 0 aromatic heterocycles. The average Bonchev–Trinajstić information content (AvgIpc) is 3.44. The summed E-state index contributed by atoms with van der Waals surface area (Å²) >= 11 is 8.21. The lowest BCUT2D eigenvalue weighted by Gasteiger charge is -2.41. The summed E-state index contributed by atoms with van der Waals surface area (Å²) < 4.78 is 12.7. The Kier molecular flexibility index (Phi) is 9.83. The Morgan fingerprint density at radius 3 is 2.62 bits per heavy atom. The van der Waals surface area contributed by atoms with Gasteiger partial charge in [-0.25, -0.2) is 0 Å². The van der Waals surface area contributed by atoms with E-state index in [9.17, 15) is 19.8 Å². The first kappa shape index (κ1) is 27.8. The molecule has 3 N–H and O–H groups in total. The molecule has 1 unspecified atom stereocenters. The maximum absolute atomic E-state index is 13.7. The maximum atomic E-state index is 13.7. The van der Waals surface area contributed by atoms with Crippen LogP contribution < -0.4 is 10.1 Å². The standard InChI is InChI=1S/C27H30ClIN2O6/c28-19-9-7-17(8-10-19)16-31(27(35)23-6-3-13-36-23)21-14-18(26(34)30-11-12-32)15-24(25(21)33)37-22-5-2-1-4-20(22)29/h1-2,4-5,7-10,15,21,23-25,32-33H,3,6,11-14,16H2,(H,30,34)/t21-,23?,24+,25+/m1/s1. The van der Waals surface area contributed by atoms with E-state index in [0.29, 0.717) is 29.4 Å². The minimum atomic E-state index is -1.11. The number of nitrogens with one attached hydrogen (secondary N) is 1. The van der Waals surface area contributed by atoms with Gasteiger partial charge in [0.1, 0.15) is 24.1 Å². The van der Waals surface area contributed by atoms with Gasteiger partial charge in [0.2, 0.25) is 5.91 Å². The number of carbonyl (C=O) groups excluding carboxylic acids is 2. The predicted octanol–water partition coefficient (Wildman–Crippen LogP) is 3.07. The Hall–Kier alpha value is -2.18. The fourth-order valence-corrected chi connectivity index (χ4v) is 5.21. The molecule has 2 aliphatic rings. The van der Waals surface area contributed by atoms with Gasteiger partial charge in [-0.1, -0.05) is 35.9 Å². The van der Waals surface area contributed by atoms with Crippen molar-refractivity contribution >= 4 is 46.0 Å². The summed E-state index contributed by atoms with van der Waals surface area (Å²) in [6, 6.07) is 13.8. The van der Waals surface area contributed by atoms with Crippen molar-refractivity contribution in [1.82, 2.24) is 10.2 Å². The summed E-state index contributed by atoms with van der Waals surface area (Å²) in [5, 5.41) is 24.0. The van der Waals surface area contributed by atoms with Crippen molar-refractivity contribution in [3.63, 3.8) is 0 Å². The minimum Gasteiger partial charge on any atom is -0.482 e. The Bertz CT molecular complexity index is 1120. The molecule has 10 heteroatoms. The molecule has 0 saturated carbocycles. The zero-order chi connectivity index (χ0) is 26.4. The van der Waals surface area contributed by atoms with Gasteiger partial charge in [0, 0.05) is 36.7 Å². The van der Waals surface area contributed by atoms with Crippen LogP contribution in [0.4, 0.5) is 0 Å². The Labute approximate surface area is 234 Å². The number of para-hydroxylation sites is 1. The molecule has 1 fully saturated rings. The van der Waals surface area contributed by atoms with E-state index in [1.807, 2.05) is 30.3 Å². The minimum absolute atomic E-state index is 0.0921. The number of halogens is 2. The highest BCUT2D eigenvalue weighted by Crippen LogP contribution is 2.31. The molecule has 2 aromatic carbocycles. The molecule has 37 heavy (non-hydrogen) atoms. The molecule has 4 atom stereocenters. The van der Waals surface area contributed by atoms with E-state index >= 15 is 0 Å². The van der Waals surface area contributed by atoms with E-state index in [-0.39, 0.29) is 37.9 Å². The number of nitrogens with zero attached hydrogens (tertiary/aromatic N) is 1. The number of hydrogen-bond donors (Lipinski definition) is 3. The first-order chi connectivity index (χ1) is 17.9. The highest BCUT2D eigenvalue weighted by Gasteiger charge is 2.42. The molecule has 198 valence electrons. The molecule has 1 heterocycles. The number of hydrogen-bond acceptors (Lipinski definition) is 6. The van der Waals surface area contributed by atoms with Gasteiger partial charge in [0.25, 0.3) is 5.91 Å². The van der Waals surface area contributed by atoms with E-state index in [1.165, 1.54) is 0 Å². The normalized spacial score (nSPS) is 23.3. The van der Waals surface area contributed by atoms with Crippen molar-refractivity contribution in [3.8, 4) is 5.75 Å². The molecule has 0 radical (unpaired) electrons. The van der Waals surface area contributed by atoms with E-state index < -0.39 is 24.4 Å². The lowest BCUT2D eigenvalue weighted by molar-refractivity contribution is -0.149. The Morgan fingerprint density at radius 1 is 1.19 bits per heavy atom. The van der Waals surface area contributed by atoms with Gasteiger partial charge in [-0.15, -0.1) is 0 Å². The number of benzene rings is 2. The van der Waals surface area contributed by atoms with Crippen LogP contribution in [-0.4, -0.2) is 71.0 Å². The predicted molar refractivity (Wildman–Crippen MR) is 147 cm³/mol. The van der Waals surface area contributed by atoms with Gasteiger partial charge in [-0.2, -0.15) is 0 Å². The molecule has 4 rings (SSSR count). The molecule has 2 aromatic rings. The average molecular weight is 641 g/mol. The second-order valence-corrected chi connectivity index (χ2v) is 10.6. The van der Waals surface area contributed by atoms with Crippen molar-refractivity contribution in [2.75, 3.05) is 19.8 Å². The topological polar surface area (TPSA) is 108 Å². The lowest BCUT2D eigenvalue weighted by atomic mass is 9.87. The molecule has 0 bridgehead atoms. The number of aliphatic hydroxyl groups is 2. The highest BCUT2D eigenvalue weighted by atomic mass is 127. The van der Waals surface area contributed by atoms with E-state index in [2.05, 4.69) is 27.9 Å². The van der Waals surface area contributed by atoms with Crippen molar-refractivity contribution < 1.29 is 29.3 Å². The molecule has 1 aliphatic heterocycles. The summed E-state index contributed by atoms with van der Waals surface area (Å²) in [4.78, 5) is 28.2. The number of amides is 2. The number of carbonyl (C=O) groups is 2. The molecular formula is C27H30ClIN2O6. The summed E-state index contributed by atoms with van der Waals surface area (Å²) in [5.41, 5.74) is 1.21. The van der Waals surface area contributed by atoms with Crippen molar-refractivity contribution in [1.29, 1.82) is 0 Å². The fraction of sp³-hybridized carbons (Fsp3) is 0.407. The van der Waals surface area contributed by atoms with Crippen LogP contribution >= 0.6 is 34.2 Å². The SMILES string of the molecule is O=C(NCCO)C1=C[C@H](Oc2ccccc2I)[C@@H](O)[C@H](N(Cc2ccc(Cl)cc2)C(=O)C2CCCO2)C1. The quantitative estimate of drug-likeness (QED) is 0.364. The van der Waals surface area contributed by atoms with Gasteiger partial charge >= 0.3 is 0 Å². The first-order valence-electron chi connectivity index (χ1n) is 12.2. The van der Waals surface area contributed by atoms with Crippen LogP contribution in [0, 0.1) is 3.57 Å². The third kappa shape index (κ3) is 7.02. The van der Waals surface area contributed by atoms with Crippen LogP contribution in [0.5, 0.6) is 5.75 Å². The third-order valence-electron chi connectivity index (χ3n) is 6.47. The van der Waals surface area contributed by atoms with Crippen molar-refractivity contribution in [2.24, 2.45) is 0 Å². The Morgan fingerprint density at radius 2 is 1.95 bits per heavy atom. The van der Waals surface area contributed by atoms with Crippen LogP contribution in [0.2, 0.25) is 5.02 Å². The lowest BCUT2D eigenvalue weighted by Crippen LogP contribution is -2.56. The largest absolute Gasteiger partial charge is 0.482 e. The summed E-state index contributed by atoms with van der Waals surface area (Å²) in [6.45, 7) is 0.603. The number of rotatable bonds is 9. The van der Waals surface area contributed by atoms with Gasteiger partial charge in [0.15, 0.2) is 0 Å². The molecule has 1 saturated heterocycles. The van der Waals surface area contributed by atoms with Crippen LogP contribution in [0.15, 0.2) is 60.2 Å². The molecular weight excluding hydrogens is 611 g/mol. The fourth-order valence-electron chi connectivity index (χ4n) is 4.57. The maximum Gasteiger partial charge on any atom is 0.252 e. The monoisotopic (exact) mass is 640 g/mol. The van der Waals surface area contributed by atoms with Gasteiger partial charge in [-0.05, 0) is 71.3 Å². The smallest absolute Gasteiger partial charge is 0.252 e. The second kappa shape index (κ2) is 13.1. The Balaban J connectivity index is 1.68. The van der Waals surface area contributed by atoms with E-state index in [1.54, 1.807) is 29.2 Å². The van der Waals surface area contributed by atoms with Crippen LogP contribution in [0.1, 0.15) is 24.8 Å². The number of ether oxygens (including phenoxy) is 2. The van der Waals surface area contributed by atoms with Gasteiger partial charge in [0.05, 0.1) is 16.2 Å². The van der Waals surface area contributed by atoms with E-state index in [4.69, 9.17) is 21.1 Å². The first-order valence-corrected chi connectivity index (χ1v) is 13.7. The number of aliphatic hydroxyl groups excluding tert-OH is 2. The summed E-state index contributed by atoms with van der Waals surface area (Å²) in [6.07, 6.45) is 0.514. The van der Waals surface area contributed by atoms with Crippen LogP contribution in [-0.2, 0) is 20.9 Å². The second-order valence-electron chi connectivity index (χ2n) is 9.04. The molecule has 2 amide bonds. The van der Waals surface area contributed by atoms with Crippen molar-refractivity contribution in [3.05, 3.63) is 74.3 Å². The third-order valence-corrected chi connectivity index (χ3v) is 7.61. The zero-order valence-electron chi connectivity index (χ0n) is 20.2. The van der Waals surface area contributed by atoms with Crippen LogP contribution in [0.3, 0.4) is 0 Å².